The van der Waals surface area contributed by atoms with E-state index in [0.29, 0.717) is 6.61 Å². The SMILES string of the molecule is CCCSc1ccc2nc(COC)n(CCCc3ccccc3)c2c1. The second kappa shape index (κ2) is 9.07. The molecule has 4 heteroatoms. The Bertz CT molecular complexity index is 798. The molecular formula is C21H26N2OS. The molecule has 0 bridgehead atoms. The van der Waals surface area contributed by atoms with E-state index in [4.69, 9.17) is 9.72 Å². The lowest BCUT2D eigenvalue weighted by molar-refractivity contribution is 0.174. The summed E-state index contributed by atoms with van der Waals surface area (Å²) >= 11 is 1.91. The van der Waals surface area contributed by atoms with Gasteiger partial charge >= 0.3 is 0 Å². The van der Waals surface area contributed by atoms with Gasteiger partial charge in [0.05, 0.1) is 11.0 Å². The van der Waals surface area contributed by atoms with Gasteiger partial charge in [0.15, 0.2) is 0 Å². The molecule has 0 N–H and O–H groups in total. The van der Waals surface area contributed by atoms with Crippen LogP contribution in [0.15, 0.2) is 53.4 Å². The van der Waals surface area contributed by atoms with Gasteiger partial charge in [0.1, 0.15) is 12.4 Å². The number of nitrogens with zero attached hydrogens (tertiary/aromatic N) is 2. The van der Waals surface area contributed by atoms with Crippen molar-refractivity contribution in [2.24, 2.45) is 0 Å². The Labute approximate surface area is 154 Å². The minimum atomic E-state index is 0.553. The predicted octanol–water partition coefficient (Wildman–Crippen LogP) is 5.32. The molecular weight excluding hydrogens is 328 g/mol. The molecule has 0 aliphatic rings. The number of rotatable bonds is 9. The van der Waals surface area contributed by atoms with Crippen LogP contribution in [-0.4, -0.2) is 22.4 Å². The predicted molar refractivity (Wildman–Crippen MR) is 106 cm³/mol. The monoisotopic (exact) mass is 354 g/mol. The van der Waals surface area contributed by atoms with E-state index in [2.05, 4.69) is 60.0 Å². The molecule has 0 saturated heterocycles. The highest BCUT2D eigenvalue weighted by atomic mass is 32.2. The molecule has 0 spiro atoms. The zero-order valence-corrected chi connectivity index (χ0v) is 15.9. The number of ether oxygens (including phenoxy) is 1. The molecule has 3 rings (SSSR count). The van der Waals surface area contributed by atoms with E-state index in [-0.39, 0.29) is 0 Å². The molecule has 1 aromatic heterocycles. The Balaban J connectivity index is 1.80. The van der Waals surface area contributed by atoms with E-state index >= 15 is 0 Å². The maximum Gasteiger partial charge on any atom is 0.135 e. The van der Waals surface area contributed by atoms with E-state index < -0.39 is 0 Å². The van der Waals surface area contributed by atoms with Crippen LogP contribution in [0.4, 0.5) is 0 Å². The van der Waals surface area contributed by atoms with Crippen LogP contribution in [0.5, 0.6) is 0 Å². The highest BCUT2D eigenvalue weighted by Crippen LogP contribution is 2.25. The zero-order chi connectivity index (χ0) is 17.5. The third-order valence-corrected chi connectivity index (χ3v) is 5.43. The average Bonchev–Trinajstić information content (AvgIpc) is 2.98. The lowest BCUT2D eigenvalue weighted by Gasteiger charge is -2.09. The molecule has 3 nitrogen and oxygen atoms in total. The highest BCUT2D eigenvalue weighted by Gasteiger charge is 2.11. The van der Waals surface area contributed by atoms with Crippen LogP contribution in [-0.2, 0) is 24.3 Å². The first-order chi connectivity index (χ1) is 12.3. The molecule has 0 radical (unpaired) electrons. The van der Waals surface area contributed by atoms with E-state index in [0.717, 1.165) is 36.5 Å². The van der Waals surface area contributed by atoms with E-state index in [1.54, 1.807) is 7.11 Å². The van der Waals surface area contributed by atoms with Gasteiger partial charge in [-0.15, -0.1) is 11.8 Å². The molecule has 0 amide bonds. The molecule has 0 saturated carbocycles. The number of aromatic nitrogens is 2. The van der Waals surface area contributed by atoms with E-state index in [1.165, 1.54) is 22.4 Å². The second-order valence-electron chi connectivity index (χ2n) is 6.20. The number of methoxy groups -OCH3 is 1. The van der Waals surface area contributed by atoms with Crippen LogP contribution < -0.4 is 0 Å². The van der Waals surface area contributed by atoms with Crippen molar-refractivity contribution < 1.29 is 4.74 Å². The van der Waals surface area contributed by atoms with Gasteiger partial charge in [-0.2, -0.15) is 0 Å². The Morgan fingerprint density at radius 2 is 1.96 bits per heavy atom. The Hall–Kier alpha value is -1.78. The summed E-state index contributed by atoms with van der Waals surface area (Å²) < 4.78 is 7.70. The fourth-order valence-corrected chi connectivity index (χ4v) is 3.84. The van der Waals surface area contributed by atoms with Crippen molar-refractivity contribution in [3.63, 3.8) is 0 Å². The van der Waals surface area contributed by atoms with Crippen LogP contribution in [0.3, 0.4) is 0 Å². The average molecular weight is 355 g/mol. The fourth-order valence-electron chi connectivity index (χ4n) is 3.04. The largest absolute Gasteiger partial charge is 0.377 e. The summed E-state index contributed by atoms with van der Waals surface area (Å²) in [6, 6.07) is 17.3. The van der Waals surface area contributed by atoms with Gasteiger partial charge in [0.25, 0.3) is 0 Å². The van der Waals surface area contributed by atoms with Crippen LogP contribution in [0.1, 0.15) is 31.2 Å². The summed E-state index contributed by atoms with van der Waals surface area (Å²) in [6.07, 6.45) is 3.36. The minimum Gasteiger partial charge on any atom is -0.377 e. The number of imidazole rings is 1. The zero-order valence-electron chi connectivity index (χ0n) is 15.1. The van der Waals surface area contributed by atoms with Crippen molar-refractivity contribution in [3.05, 3.63) is 59.9 Å². The Morgan fingerprint density at radius 1 is 1.12 bits per heavy atom. The maximum atomic E-state index is 5.37. The van der Waals surface area contributed by atoms with Gasteiger partial charge in [-0.25, -0.2) is 4.98 Å². The summed E-state index contributed by atoms with van der Waals surface area (Å²) in [5.74, 6) is 2.17. The van der Waals surface area contributed by atoms with Crippen LogP contribution in [0.25, 0.3) is 11.0 Å². The lowest BCUT2D eigenvalue weighted by atomic mass is 10.1. The van der Waals surface area contributed by atoms with Crippen molar-refractivity contribution in [2.45, 2.75) is 44.2 Å². The van der Waals surface area contributed by atoms with Gasteiger partial charge < -0.3 is 9.30 Å². The minimum absolute atomic E-state index is 0.553. The number of benzene rings is 2. The van der Waals surface area contributed by atoms with Crippen molar-refractivity contribution in [2.75, 3.05) is 12.9 Å². The van der Waals surface area contributed by atoms with Crippen molar-refractivity contribution >= 4 is 22.8 Å². The molecule has 25 heavy (non-hydrogen) atoms. The van der Waals surface area contributed by atoms with Gasteiger partial charge in [-0.1, -0.05) is 37.3 Å². The van der Waals surface area contributed by atoms with E-state index in [1.807, 2.05) is 11.8 Å². The summed E-state index contributed by atoms with van der Waals surface area (Å²) in [7, 11) is 1.73. The van der Waals surface area contributed by atoms with E-state index in [9.17, 15) is 0 Å². The van der Waals surface area contributed by atoms with Gasteiger partial charge in [-0.3, -0.25) is 0 Å². The topological polar surface area (TPSA) is 27.1 Å². The van der Waals surface area contributed by atoms with Crippen molar-refractivity contribution in [1.82, 2.24) is 9.55 Å². The third-order valence-electron chi connectivity index (χ3n) is 4.24. The van der Waals surface area contributed by atoms with Crippen LogP contribution in [0.2, 0.25) is 0 Å². The summed E-state index contributed by atoms with van der Waals surface area (Å²) in [6.45, 7) is 3.74. The molecule has 1 heterocycles. The molecule has 2 aromatic carbocycles. The smallest absolute Gasteiger partial charge is 0.135 e. The Kier molecular flexibility index (Phi) is 6.54. The third kappa shape index (κ3) is 4.65. The standard InChI is InChI=1S/C21H26N2OS/c1-3-14-25-18-11-12-19-20(15-18)23(21(22-19)16-24-2)13-7-10-17-8-5-4-6-9-17/h4-6,8-9,11-12,15H,3,7,10,13-14,16H2,1-2H3. The van der Waals surface area contributed by atoms with Crippen molar-refractivity contribution in [3.8, 4) is 0 Å². The number of thioether (sulfide) groups is 1. The normalized spacial score (nSPS) is 11.3. The first-order valence-electron chi connectivity index (χ1n) is 8.96. The molecule has 0 atom stereocenters. The highest BCUT2D eigenvalue weighted by molar-refractivity contribution is 7.99. The summed E-state index contributed by atoms with van der Waals surface area (Å²) in [4.78, 5) is 6.10. The fraction of sp³-hybridized carbons (Fsp3) is 0.381. The molecule has 0 unspecified atom stereocenters. The number of hydrogen-bond donors (Lipinski definition) is 0. The second-order valence-corrected chi connectivity index (χ2v) is 7.37. The lowest BCUT2D eigenvalue weighted by Crippen LogP contribution is -2.06. The number of aryl methyl sites for hydroxylation is 2. The molecule has 0 aliphatic heterocycles. The van der Waals surface area contributed by atoms with Gasteiger partial charge in [0.2, 0.25) is 0 Å². The quantitative estimate of drug-likeness (QED) is 0.487. The van der Waals surface area contributed by atoms with Crippen LogP contribution in [0, 0.1) is 0 Å². The first-order valence-corrected chi connectivity index (χ1v) is 9.95. The van der Waals surface area contributed by atoms with Crippen LogP contribution >= 0.6 is 11.8 Å². The Morgan fingerprint density at radius 3 is 2.72 bits per heavy atom. The summed E-state index contributed by atoms with van der Waals surface area (Å²) in [5.41, 5.74) is 3.67. The van der Waals surface area contributed by atoms with Crippen molar-refractivity contribution in [1.29, 1.82) is 0 Å². The summed E-state index contributed by atoms with van der Waals surface area (Å²) in [5, 5.41) is 0. The first kappa shape index (κ1) is 18.0. The van der Waals surface area contributed by atoms with Gasteiger partial charge in [-0.05, 0) is 48.8 Å². The van der Waals surface area contributed by atoms with Gasteiger partial charge in [0, 0.05) is 18.6 Å². The molecule has 0 fully saturated rings. The molecule has 0 aliphatic carbocycles. The maximum absolute atomic E-state index is 5.37. The number of fused-ring (bicyclic) bond motifs is 1. The molecule has 132 valence electrons. The molecule has 3 aromatic rings. The number of hydrogen-bond acceptors (Lipinski definition) is 3.